The summed E-state index contributed by atoms with van der Waals surface area (Å²) in [6, 6.07) is 1.48. The molecule has 0 aromatic carbocycles. The van der Waals surface area contributed by atoms with E-state index in [0.717, 1.165) is 0 Å². The van der Waals surface area contributed by atoms with Crippen molar-refractivity contribution in [2.24, 2.45) is 17.8 Å². The van der Waals surface area contributed by atoms with Crippen LogP contribution < -0.4 is 10.5 Å². The Balaban J connectivity index is 2.84. The van der Waals surface area contributed by atoms with Gasteiger partial charge in [-0.3, -0.25) is 4.98 Å². The summed E-state index contributed by atoms with van der Waals surface area (Å²) in [5.74, 6) is 1.11. The lowest BCUT2D eigenvalue weighted by Gasteiger charge is -2.25. The minimum atomic E-state index is -3.59. The Morgan fingerprint density at radius 2 is 1.84 bits per heavy atom. The third-order valence-electron chi connectivity index (χ3n) is 3.33. The van der Waals surface area contributed by atoms with Crippen molar-refractivity contribution in [1.29, 1.82) is 0 Å². The van der Waals surface area contributed by atoms with Gasteiger partial charge in [-0.05, 0) is 23.8 Å². The summed E-state index contributed by atoms with van der Waals surface area (Å²) >= 11 is 0. The number of nitrogens with one attached hydrogen (secondary N) is 1. The summed E-state index contributed by atoms with van der Waals surface area (Å²) in [5.41, 5.74) is 5.89. The maximum atomic E-state index is 12.2. The Kier molecular flexibility index (Phi) is 5.31. The Morgan fingerprint density at radius 3 is 2.32 bits per heavy atom. The van der Waals surface area contributed by atoms with Crippen molar-refractivity contribution in [3.63, 3.8) is 0 Å². The van der Waals surface area contributed by atoms with Gasteiger partial charge in [-0.2, -0.15) is 0 Å². The van der Waals surface area contributed by atoms with Gasteiger partial charge in [0.1, 0.15) is 4.90 Å². The average molecular weight is 285 g/mol. The fourth-order valence-electron chi connectivity index (χ4n) is 2.14. The Morgan fingerprint density at radius 1 is 1.26 bits per heavy atom. The average Bonchev–Trinajstić information content (AvgIpc) is 2.28. The number of anilines is 1. The summed E-state index contributed by atoms with van der Waals surface area (Å²) in [6.45, 7) is 8.79. The van der Waals surface area contributed by atoms with E-state index >= 15 is 0 Å². The Bertz CT molecular complexity index is 504. The van der Waals surface area contributed by atoms with E-state index in [9.17, 15) is 8.42 Å². The summed E-state index contributed by atoms with van der Waals surface area (Å²) in [6.07, 6.45) is 2.75. The molecule has 0 spiro atoms. The molecule has 6 heteroatoms. The molecule has 1 aromatic rings. The van der Waals surface area contributed by atoms with Crippen LogP contribution in [0.2, 0.25) is 0 Å². The van der Waals surface area contributed by atoms with Crippen molar-refractivity contribution < 1.29 is 8.42 Å². The number of aromatic nitrogens is 1. The molecule has 0 radical (unpaired) electrons. The molecule has 0 saturated carbocycles. The van der Waals surface area contributed by atoms with Gasteiger partial charge in [0.25, 0.3) is 0 Å². The normalized spacial score (nSPS) is 12.6. The van der Waals surface area contributed by atoms with E-state index in [1.165, 1.54) is 18.5 Å². The predicted octanol–water partition coefficient (Wildman–Crippen LogP) is 1.87. The molecule has 0 atom stereocenters. The largest absolute Gasteiger partial charge is 0.398 e. The number of hydrogen-bond donors (Lipinski definition) is 2. The maximum Gasteiger partial charge on any atom is 0.244 e. The zero-order valence-electron chi connectivity index (χ0n) is 11.9. The smallest absolute Gasteiger partial charge is 0.244 e. The van der Waals surface area contributed by atoms with Crippen LogP contribution in [-0.2, 0) is 10.0 Å². The number of rotatable bonds is 6. The molecule has 0 aliphatic heterocycles. The number of sulfonamides is 1. The van der Waals surface area contributed by atoms with Crippen molar-refractivity contribution in [3.8, 4) is 0 Å². The molecule has 0 bridgehead atoms. The lowest BCUT2D eigenvalue weighted by molar-refractivity contribution is 0.289. The van der Waals surface area contributed by atoms with Crippen LogP contribution in [0, 0.1) is 17.8 Å². The van der Waals surface area contributed by atoms with Gasteiger partial charge in [0, 0.05) is 18.9 Å². The molecule has 0 saturated heterocycles. The lowest BCUT2D eigenvalue weighted by atomic mass is 9.86. The second-order valence-electron chi connectivity index (χ2n) is 5.42. The highest BCUT2D eigenvalue weighted by atomic mass is 32.2. The van der Waals surface area contributed by atoms with E-state index in [0.29, 0.717) is 18.4 Å². The standard InChI is InChI=1S/C13H23N3O2S/c1-9(2)11(10(3)4)7-16-19(17,18)13-8-15-6-5-12(13)14/h5-6,8-11,16H,7H2,1-4H3,(H2,14,15). The monoisotopic (exact) mass is 285 g/mol. The molecule has 108 valence electrons. The number of nitrogen functional groups attached to an aromatic ring is 1. The molecule has 1 aromatic heterocycles. The molecule has 19 heavy (non-hydrogen) atoms. The van der Waals surface area contributed by atoms with Gasteiger partial charge in [-0.15, -0.1) is 0 Å². The van der Waals surface area contributed by atoms with Crippen LogP contribution in [0.25, 0.3) is 0 Å². The summed E-state index contributed by atoms with van der Waals surface area (Å²) in [7, 11) is -3.59. The molecule has 5 nitrogen and oxygen atoms in total. The van der Waals surface area contributed by atoms with E-state index < -0.39 is 10.0 Å². The summed E-state index contributed by atoms with van der Waals surface area (Å²) in [4.78, 5) is 3.85. The third kappa shape index (κ3) is 4.18. The molecule has 0 aliphatic carbocycles. The van der Waals surface area contributed by atoms with E-state index in [-0.39, 0.29) is 16.5 Å². The first-order chi connectivity index (χ1) is 8.75. The van der Waals surface area contributed by atoms with Crippen LogP contribution in [0.5, 0.6) is 0 Å². The molecule has 1 rings (SSSR count). The van der Waals surface area contributed by atoms with Gasteiger partial charge in [0.15, 0.2) is 0 Å². The quantitative estimate of drug-likeness (QED) is 0.835. The Hall–Kier alpha value is -1.14. The van der Waals surface area contributed by atoms with Crippen LogP contribution in [0.4, 0.5) is 5.69 Å². The van der Waals surface area contributed by atoms with Crippen LogP contribution in [-0.4, -0.2) is 19.9 Å². The van der Waals surface area contributed by atoms with Gasteiger partial charge >= 0.3 is 0 Å². The van der Waals surface area contributed by atoms with Gasteiger partial charge in [0.05, 0.1) is 5.69 Å². The second-order valence-corrected chi connectivity index (χ2v) is 7.15. The number of pyridine rings is 1. The SMILES string of the molecule is CC(C)C(CNS(=O)(=O)c1cnccc1N)C(C)C. The molecule has 0 unspecified atom stereocenters. The van der Waals surface area contributed by atoms with E-state index in [1.807, 2.05) is 0 Å². The zero-order valence-corrected chi connectivity index (χ0v) is 12.7. The Labute approximate surface area is 115 Å². The molecule has 0 aliphatic rings. The molecule has 1 heterocycles. The first-order valence-corrected chi connectivity index (χ1v) is 7.93. The fraction of sp³-hybridized carbons (Fsp3) is 0.615. The predicted molar refractivity (Wildman–Crippen MR) is 77.0 cm³/mol. The van der Waals surface area contributed by atoms with Gasteiger partial charge in [0.2, 0.25) is 10.0 Å². The topological polar surface area (TPSA) is 85.1 Å². The number of nitrogens with zero attached hydrogens (tertiary/aromatic N) is 1. The van der Waals surface area contributed by atoms with Crippen molar-refractivity contribution in [1.82, 2.24) is 9.71 Å². The first kappa shape index (κ1) is 15.9. The first-order valence-electron chi connectivity index (χ1n) is 6.45. The van der Waals surface area contributed by atoms with Crippen LogP contribution >= 0.6 is 0 Å². The number of hydrogen-bond acceptors (Lipinski definition) is 4. The minimum absolute atomic E-state index is 0.0428. The van der Waals surface area contributed by atoms with Crippen molar-refractivity contribution in [3.05, 3.63) is 18.5 Å². The summed E-state index contributed by atoms with van der Waals surface area (Å²) < 4.78 is 27.0. The molecular weight excluding hydrogens is 262 g/mol. The highest BCUT2D eigenvalue weighted by Crippen LogP contribution is 2.21. The van der Waals surface area contributed by atoms with Crippen LogP contribution in [0.15, 0.2) is 23.4 Å². The fourth-order valence-corrected chi connectivity index (χ4v) is 3.29. The highest BCUT2D eigenvalue weighted by Gasteiger charge is 2.22. The van der Waals surface area contributed by atoms with Gasteiger partial charge < -0.3 is 5.73 Å². The van der Waals surface area contributed by atoms with Crippen molar-refractivity contribution >= 4 is 15.7 Å². The lowest BCUT2D eigenvalue weighted by Crippen LogP contribution is -2.34. The summed E-state index contributed by atoms with van der Waals surface area (Å²) in [5, 5.41) is 0. The van der Waals surface area contributed by atoms with Gasteiger partial charge in [-0.1, -0.05) is 27.7 Å². The van der Waals surface area contributed by atoms with Crippen molar-refractivity contribution in [2.45, 2.75) is 32.6 Å². The maximum absolute atomic E-state index is 12.2. The minimum Gasteiger partial charge on any atom is -0.398 e. The van der Waals surface area contributed by atoms with E-state index in [1.54, 1.807) is 0 Å². The van der Waals surface area contributed by atoms with Crippen molar-refractivity contribution in [2.75, 3.05) is 12.3 Å². The second kappa shape index (κ2) is 6.34. The molecule has 3 N–H and O–H groups in total. The zero-order chi connectivity index (χ0) is 14.6. The number of nitrogens with two attached hydrogens (primary N) is 1. The molecular formula is C13H23N3O2S. The van der Waals surface area contributed by atoms with E-state index in [4.69, 9.17) is 5.73 Å². The van der Waals surface area contributed by atoms with Gasteiger partial charge in [-0.25, -0.2) is 13.1 Å². The van der Waals surface area contributed by atoms with Crippen LogP contribution in [0.1, 0.15) is 27.7 Å². The van der Waals surface area contributed by atoms with Crippen LogP contribution in [0.3, 0.4) is 0 Å². The van der Waals surface area contributed by atoms with E-state index in [2.05, 4.69) is 37.4 Å². The molecule has 0 amide bonds. The third-order valence-corrected chi connectivity index (χ3v) is 4.79. The highest BCUT2D eigenvalue weighted by molar-refractivity contribution is 7.89. The molecule has 0 fully saturated rings.